The number of carbonyl (C=O) groups excluding carboxylic acids is 1. The van der Waals surface area contributed by atoms with Gasteiger partial charge in [-0.3, -0.25) is 18.7 Å². The molecule has 0 atom stereocenters. The minimum atomic E-state index is -0.391. The predicted octanol–water partition coefficient (Wildman–Crippen LogP) is 0.472. The maximum absolute atomic E-state index is 12.4. The molecule has 0 spiro atoms. The Labute approximate surface area is 145 Å². The molecule has 1 amide bonds. The molecule has 0 N–H and O–H groups in total. The van der Waals surface area contributed by atoms with Crippen molar-refractivity contribution in [2.24, 2.45) is 20.0 Å². The number of piperidine rings is 1. The van der Waals surface area contributed by atoms with Gasteiger partial charge in [-0.1, -0.05) is 6.92 Å². The van der Waals surface area contributed by atoms with E-state index in [2.05, 4.69) is 11.9 Å². The highest BCUT2D eigenvalue weighted by atomic mass is 16.2. The topological polar surface area (TPSA) is 82.1 Å². The third-order valence-corrected chi connectivity index (χ3v) is 5.14. The number of imidazole rings is 1. The van der Waals surface area contributed by atoms with Gasteiger partial charge >= 0.3 is 5.69 Å². The number of fused-ring (bicyclic) bond motifs is 1. The Bertz CT molecular complexity index is 899. The Hall–Kier alpha value is -2.38. The van der Waals surface area contributed by atoms with E-state index in [1.807, 2.05) is 4.90 Å². The Kier molecular flexibility index (Phi) is 4.78. The largest absolute Gasteiger partial charge is 0.343 e. The molecule has 0 aromatic carbocycles. The molecule has 1 saturated heterocycles. The summed E-state index contributed by atoms with van der Waals surface area (Å²) in [6.07, 6.45) is 4.81. The van der Waals surface area contributed by atoms with E-state index in [1.165, 1.54) is 11.6 Å². The Morgan fingerprint density at radius 1 is 1.20 bits per heavy atom. The summed E-state index contributed by atoms with van der Waals surface area (Å²) in [4.78, 5) is 42.8. The standard InChI is InChI=1S/C17H25N5O3/c1-12-6-9-21(10-7-12)13(23)5-4-8-22-11-18-15-14(22)16(24)20(3)17(25)19(15)2/h11-12H,4-10H2,1-3H3. The third-order valence-electron chi connectivity index (χ3n) is 5.14. The molecular formula is C17H25N5O3. The highest BCUT2D eigenvalue weighted by molar-refractivity contribution is 5.76. The van der Waals surface area contributed by atoms with E-state index < -0.39 is 5.69 Å². The van der Waals surface area contributed by atoms with E-state index in [1.54, 1.807) is 17.9 Å². The van der Waals surface area contributed by atoms with Crippen LogP contribution in [0.1, 0.15) is 32.6 Å². The van der Waals surface area contributed by atoms with Crippen LogP contribution in [0, 0.1) is 5.92 Å². The zero-order valence-corrected chi connectivity index (χ0v) is 15.1. The van der Waals surface area contributed by atoms with E-state index in [9.17, 15) is 14.4 Å². The molecule has 2 aromatic heterocycles. The molecule has 0 bridgehead atoms. The Morgan fingerprint density at radius 3 is 2.56 bits per heavy atom. The van der Waals surface area contributed by atoms with Crippen LogP contribution in [0.15, 0.2) is 15.9 Å². The fourth-order valence-corrected chi connectivity index (χ4v) is 3.38. The lowest BCUT2D eigenvalue weighted by atomic mass is 9.99. The lowest BCUT2D eigenvalue weighted by Crippen LogP contribution is -2.38. The fourth-order valence-electron chi connectivity index (χ4n) is 3.38. The number of likely N-dealkylation sites (tertiary alicyclic amines) is 1. The monoisotopic (exact) mass is 347 g/mol. The second-order valence-corrected chi connectivity index (χ2v) is 6.98. The molecule has 2 aromatic rings. The summed E-state index contributed by atoms with van der Waals surface area (Å²) >= 11 is 0. The van der Waals surface area contributed by atoms with Gasteiger partial charge in [0.15, 0.2) is 11.2 Å². The fraction of sp³-hybridized carbons (Fsp3) is 0.647. The molecule has 3 rings (SSSR count). The van der Waals surface area contributed by atoms with Gasteiger partial charge in [-0.15, -0.1) is 0 Å². The van der Waals surface area contributed by atoms with Gasteiger partial charge in [0, 0.05) is 40.2 Å². The molecule has 0 saturated carbocycles. The summed E-state index contributed by atoms with van der Waals surface area (Å²) in [5, 5.41) is 0. The van der Waals surface area contributed by atoms with Crippen LogP contribution in [-0.4, -0.2) is 42.6 Å². The third kappa shape index (κ3) is 3.25. The van der Waals surface area contributed by atoms with Crippen molar-refractivity contribution in [1.29, 1.82) is 0 Å². The van der Waals surface area contributed by atoms with Crippen LogP contribution in [-0.2, 0) is 25.4 Å². The van der Waals surface area contributed by atoms with Crippen molar-refractivity contribution < 1.29 is 4.79 Å². The smallest absolute Gasteiger partial charge is 0.332 e. The first-order valence-electron chi connectivity index (χ1n) is 8.78. The number of hydrogen-bond donors (Lipinski definition) is 0. The maximum Gasteiger partial charge on any atom is 0.332 e. The minimum absolute atomic E-state index is 0.177. The molecule has 25 heavy (non-hydrogen) atoms. The quantitative estimate of drug-likeness (QED) is 0.805. The van der Waals surface area contributed by atoms with Gasteiger partial charge in [0.25, 0.3) is 5.56 Å². The maximum atomic E-state index is 12.4. The lowest BCUT2D eigenvalue weighted by molar-refractivity contribution is -0.132. The van der Waals surface area contributed by atoms with E-state index in [0.29, 0.717) is 36.5 Å². The zero-order valence-electron chi connectivity index (χ0n) is 15.1. The molecular weight excluding hydrogens is 322 g/mol. The van der Waals surface area contributed by atoms with Gasteiger partial charge in [-0.25, -0.2) is 9.78 Å². The van der Waals surface area contributed by atoms with Crippen LogP contribution < -0.4 is 11.2 Å². The average molecular weight is 347 g/mol. The average Bonchev–Trinajstić information content (AvgIpc) is 3.02. The van der Waals surface area contributed by atoms with Crippen molar-refractivity contribution in [1.82, 2.24) is 23.6 Å². The van der Waals surface area contributed by atoms with Gasteiger partial charge in [-0.05, 0) is 25.2 Å². The van der Waals surface area contributed by atoms with Crippen molar-refractivity contribution >= 4 is 17.1 Å². The first-order chi connectivity index (χ1) is 11.9. The summed E-state index contributed by atoms with van der Waals surface area (Å²) in [6.45, 7) is 4.44. The van der Waals surface area contributed by atoms with Crippen LogP contribution in [0.2, 0.25) is 0 Å². The van der Waals surface area contributed by atoms with Crippen molar-refractivity contribution in [3.8, 4) is 0 Å². The highest BCUT2D eigenvalue weighted by Crippen LogP contribution is 2.17. The molecule has 1 fully saturated rings. The van der Waals surface area contributed by atoms with Crippen LogP contribution in [0.3, 0.4) is 0 Å². The van der Waals surface area contributed by atoms with Gasteiger partial charge in [-0.2, -0.15) is 0 Å². The number of hydrogen-bond acceptors (Lipinski definition) is 4. The van der Waals surface area contributed by atoms with Crippen molar-refractivity contribution in [3.05, 3.63) is 27.2 Å². The van der Waals surface area contributed by atoms with Gasteiger partial charge in [0.2, 0.25) is 5.91 Å². The summed E-state index contributed by atoms with van der Waals surface area (Å²) < 4.78 is 4.19. The van der Waals surface area contributed by atoms with E-state index in [4.69, 9.17) is 0 Å². The molecule has 3 heterocycles. The van der Waals surface area contributed by atoms with Crippen molar-refractivity contribution in [2.45, 2.75) is 39.2 Å². The number of aromatic nitrogens is 4. The molecule has 8 heteroatoms. The number of amides is 1. The van der Waals surface area contributed by atoms with Crippen LogP contribution in [0.5, 0.6) is 0 Å². The number of nitrogens with zero attached hydrogens (tertiary/aromatic N) is 5. The van der Waals surface area contributed by atoms with Crippen LogP contribution in [0.4, 0.5) is 0 Å². The summed E-state index contributed by atoms with van der Waals surface area (Å²) in [5.41, 5.74) is 0.0393. The van der Waals surface area contributed by atoms with Gasteiger partial charge in [0.1, 0.15) is 0 Å². The number of aryl methyl sites for hydroxylation is 2. The van der Waals surface area contributed by atoms with Gasteiger partial charge < -0.3 is 9.47 Å². The molecule has 8 nitrogen and oxygen atoms in total. The Balaban J connectivity index is 1.69. The first-order valence-corrected chi connectivity index (χ1v) is 8.78. The lowest BCUT2D eigenvalue weighted by Gasteiger charge is -2.30. The SMILES string of the molecule is CC1CCN(C(=O)CCCn2cnc3c2c(=O)n(C)c(=O)n3C)CC1. The van der Waals surface area contributed by atoms with Gasteiger partial charge in [0.05, 0.1) is 6.33 Å². The summed E-state index contributed by atoms with van der Waals surface area (Å²) in [7, 11) is 3.06. The van der Waals surface area contributed by atoms with Crippen LogP contribution in [0.25, 0.3) is 11.2 Å². The summed E-state index contributed by atoms with van der Waals surface area (Å²) in [6, 6.07) is 0. The van der Waals surface area contributed by atoms with E-state index in [-0.39, 0.29) is 11.5 Å². The normalized spacial score (nSPS) is 15.9. The predicted molar refractivity (Wildman–Crippen MR) is 94.4 cm³/mol. The highest BCUT2D eigenvalue weighted by Gasteiger charge is 2.20. The molecule has 0 unspecified atom stereocenters. The molecule has 1 aliphatic heterocycles. The molecule has 0 aliphatic carbocycles. The van der Waals surface area contributed by atoms with Crippen molar-refractivity contribution in [3.63, 3.8) is 0 Å². The van der Waals surface area contributed by atoms with Crippen LogP contribution >= 0.6 is 0 Å². The second-order valence-electron chi connectivity index (χ2n) is 6.98. The molecule has 0 radical (unpaired) electrons. The van der Waals surface area contributed by atoms with Crippen molar-refractivity contribution in [2.75, 3.05) is 13.1 Å². The number of rotatable bonds is 4. The zero-order chi connectivity index (χ0) is 18.1. The summed E-state index contributed by atoms with van der Waals surface area (Å²) in [5.74, 6) is 0.876. The number of carbonyl (C=O) groups is 1. The Morgan fingerprint density at radius 2 is 1.88 bits per heavy atom. The second kappa shape index (κ2) is 6.85. The van der Waals surface area contributed by atoms with E-state index in [0.717, 1.165) is 30.5 Å². The minimum Gasteiger partial charge on any atom is -0.343 e. The first kappa shape index (κ1) is 17.4. The van der Waals surface area contributed by atoms with E-state index >= 15 is 0 Å². The molecule has 136 valence electrons. The molecule has 1 aliphatic rings.